The van der Waals surface area contributed by atoms with E-state index in [2.05, 4.69) is 5.10 Å². The molecule has 7 heteroatoms. The number of halogens is 1. The fraction of sp³-hybridized carbons (Fsp3) is 0.0690. The lowest BCUT2D eigenvalue weighted by Crippen LogP contribution is -2.21. The number of benzene rings is 3. The van der Waals surface area contributed by atoms with Crippen LogP contribution < -0.4 is 5.01 Å². The Balaban J connectivity index is 1.32. The molecule has 5 rings (SSSR count). The molecule has 2 heterocycles. The van der Waals surface area contributed by atoms with Crippen LogP contribution in [0, 0.1) is 0 Å². The van der Waals surface area contributed by atoms with Gasteiger partial charge >= 0.3 is 5.97 Å². The molecule has 0 radical (unpaired) electrons. The lowest BCUT2D eigenvalue weighted by Gasteiger charge is -2.13. The van der Waals surface area contributed by atoms with Crippen LogP contribution in [-0.4, -0.2) is 17.6 Å². The fourth-order valence-corrected chi connectivity index (χ4v) is 3.90. The van der Waals surface area contributed by atoms with Gasteiger partial charge in [-0.2, -0.15) is 10.1 Å². The molecule has 0 fully saturated rings. The van der Waals surface area contributed by atoms with Gasteiger partial charge in [0.2, 0.25) is 0 Å². The molecule has 0 bridgehead atoms. The van der Waals surface area contributed by atoms with Gasteiger partial charge in [-0.25, -0.2) is 4.79 Å². The maximum atomic E-state index is 13.2. The van der Waals surface area contributed by atoms with E-state index >= 15 is 0 Å². The van der Waals surface area contributed by atoms with E-state index in [9.17, 15) is 9.59 Å². The predicted octanol–water partition coefficient (Wildman–Crippen LogP) is 6.76. The monoisotopic (exact) mass is 496 g/mol. The smallest absolute Gasteiger partial charge is 0.338 e. The van der Waals surface area contributed by atoms with Crippen LogP contribution in [0.15, 0.2) is 106 Å². The van der Waals surface area contributed by atoms with Crippen molar-refractivity contribution in [2.45, 2.75) is 13.5 Å². The van der Waals surface area contributed by atoms with E-state index in [-0.39, 0.29) is 12.5 Å². The summed E-state index contributed by atoms with van der Waals surface area (Å²) in [4.78, 5) is 25.8. The summed E-state index contributed by atoms with van der Waals surface area (Å²) >= 11 is 5.96. The molecule has 6 nitrogen and oxygen atoms in total. The Morgan fingerprint density at radius 2 is 1.78 bits per heavy atom. The number of ether oxygens (including phenoxy) is 1. The zero-order chi connectivity index (χ0) is 25.1. The molecule has 1 aliphatic rings. The minimum atomic E-state index is -0.478. The minimum Gasteiger partial charge on any atom is -0.457 e. The first-order chi connectivity index (χ1) is 17.5. The summed E-state index contributed by atoms with van der Waals surface area (Å²) in [5, 5.41) is 6.33. The second-order valence-corrected chi connectivity index (χ2v) is 8.62. The van der Waals surface area contributed by atoms with Gasteiger partial charge in [0.15, 0.2) is 0 Å². The van der Waals surface area contributed by atoms with Gasteiger partial charge in [0.25, 0.3) is 5.91 Å². The van der Waals surface area contributed by atoms with Gasteiger partial charge in [0, 0.05) is 10.6 Å². The standard InChI is InChI=1S/C29H21ClN2O4/c1-19-26(17-25-14-15-27(36-25)21-10-12-23(30)13-11-21)28(33)32(31-19)24-9-5-8-22(16-24)29(34)35-18-20-6-3-2-4-7-20/h2-17H,18H2,1H3/b26-17-. The fourth-order valence-electron chi connectivity index (χ4n) is 3.77. The van der Waals surface area contributed by atoms with E-state index in [1.54, 1.807) is 55.5 Å². The molecule has 0 saturated heterocycles. The lowest BCUT2D eigenvalue weighted by atomic mass is 10.1. The lowest BCUT2D eigenvalue weighted by molar-refractivity contribution is -0.114. The molecule has 0 spiro atoms. The quantitative estimate of drug-likeness (QED) is 0.218. The third-order valence-corrected chi connectivity index (χ3v) is 5.90. The van der Waals surface area contributed by atoms with Gasteiger partial charge in [-0.1, -0.05) is 48.0 Å². The molecule has 0 aliphatic carbocycles. The van der Waals surface area contributed by atoms with Crippen molar-refractivity contribution >= 4 is 41.0 Å². The van der Waals surface area contributed by atoms with Crippen LogP contribution >= 0.6 is 11.6 Å². The highest BCUT2D eigenvalue weighted by atomic mass is 35.5. The maximum Gasteiger partial charge on any atom is 0.338 e. The van der Waals surface area contributed by atoms with Crippen molar-refractivity contribution in [2.24, 2.45) is 5.10 Å². The highest BCUT2D eigenvalue weighted by Crippen LogP contribution is 2.28. The van der Waals surface area contributed by atoms with Gasteiger partial charge in [-0.05, 0) is 73.2 Å². The number of carbonyl (C=O) groups excluding carboxylic acids is 2. The predicted molar refractivity (Wildman–Crippen MR) is 140 cm³/mol. The first kappa shape index (κ1) is 23.3. The first-order valence-corrected chi connectivity index (χ1v) is 11.6. The molecule has 1 amide bonds. The Kier molecular flexibility index (Phi) is 6.52. The van der Waals surface area contributed by atoms with E-state index in [0.29, 0.717) is 39.1 Å². The van der Waals surface area contributed by atoms with Crippen LogP contribution in [0.5, 0.6) is 0 Å². The minimum absolute atomic E-state index is 0.165. The number of nitrogens with zero attached hydrogens (tertiary/aromatic N) is 2. The van der Waals surface area contributed by atoms with Crippen LogP contribution in [-0.2, 0) is 16.1 Å². The first-order valence-electron chi connectivity index (χ1n) is 11.3. The highest BCUT2D eigenvalue weighted by molar-refractivity contribution is 6.32. The number of carbonyl (C=O) groups is 2. The highest BCUT2D eigenvalue weighted by Gasteiger charge is 2.29. The van der Waals surface area contributed by atoms with E-state index in [0.717, 1.165) is 11.1 Å². The number of anilines is 1. The molecule has 4 aromatic rings. The zero-order valence-corrected chi connectivity index (χ0v) is 20.1. The van der Waals surface area contributed by atoms with Crippen LogP contribution in [0.2, 0.25) is 5.02 Å². The van der Waals surface area contributed by atoms with E-state index in [1.165, 1.54) is 5.01 Å². The SMILES string of the molecule is CC1=NN(c2cccc(C(=O)OCc3ccccc3)c2)C(=O)/C1=C\c1ccc(-c2ccc(Cl)cc2)o1. The largest absolute Gasteiger partial charge is 0.457 e. The van der Waals surface area contributed by atoms with Crippen LogP contribution in [0.25, 0.3) is 17.4 Å². The van der Waals surface area contributed by atoms with Crippen LogP contribution in [0.3, 0.4) is 0 Å². The summed E-state index contributed by atoms with van der Waals surface area (Å²) in [6.45, 7) is 1.92. The molecule has 1 aliphatic heterocycles. The van der Waals surface area contributed by atoms with Crippen molar-refractivity contribution in [1.82, 2.24) is 0 Å². The molecule has 178 valence electrons. The number of rotatable bonds is 6. The Labute approximate surface area is 213 Å². The molecule has 0 unspecified atom stereocenters. The van der Waals surface area contributed by atoms with Gasteiger partial charge in [-0.15, -0.1) is 0 Å². The molecule has 0 N–H and O–H groups in total. The third-order valence-electron chi connectivity index (χ3n) is 5.64. The molecule has 0 saturated carbocycles. The number of hydrogen-bond acceptors (Lipinski definition) is 5. The maximum absolute atomic E-state index is 13.2. The Hall–Kier alpha value is -4.42. The molecule has 36 heavy (non-hydrogen) atoms. The van der Waals surface area contributed by atoms with E-state index in [1.807, 2.05) is 48.5 Å². The van der Waals surface area contributed by atoms with Crippen molar-refractivity contribution in [3.05, 3.63) is 118 Å². The van der Waals surface area contributed by atoms with Gasteiger partial charge in [0.05, 0.1) is 22.5 Å². The van der Waals surface area contributed by atoms with E-state index < -0.39 is 5.97 Å². The van der Waals surface area contributed by atoms with Crippen LogP contribution in [0.1, 0.15) is 28.6 Å². The second kappa shape index (κ2) is 10.1. The second-order valence-electron chi connectivity index (χ2n) is 8.18. The molecular weight excluding hydrogens is 476 g/mol. The molecular formula is C29H21ClN2O4. The van der Waals surface area contributed by atoms with Gasteiger partial charge in [-0.3, -0.25) is 4.79 Å². The van der Waals surface area contributed by atoms with Crippen molar-refractivity contribution in [2.75, 3.05) is 5.01 Å². The average molecular weight is 497 g/mol. The number of hydrogen-bond donors (Lipinski definition) is 0. The Morgan fingerprint density at radius 3 is 2.56 bits per heavy atom. The Morgan fingerprint density at radius 1 is 1.00 bits per heavy atom. The number of furan rings is 1. The average Bonchev–Trinajstić information content (AvgIpc) is 3.48. The number of hydrazone groups is 1. The third kappa shape index (κ3) is 4.99. The van der Waals surface area contributed by atoms with Crippen molar-refractivity contribution in [3.63, 3.8) is 0 Å². The molecule has 1 aromatic heterocycles. The Bertz CT molecular complexity index is 1490. The van der Waals surface area contributed by atoms with Gasteiger partial charge < -0.3 is 9.15 Å². The number of amides is 1. The van der Waals surface area contributed by atoms with Crippen molar-refractivity contribution in [3.8, 4) is 11.3 Å². The van der Waals surface area contributed by atoms with E-state index in [4.69, 9.17) is 20.8 Å². The molecule has 0 atom stereocenters. The van der Waals surface area contributed by atoms with Crippen molar-refractivity contribution < 1.29 is 18.7 Å². The summed E-state index contributed by atoms with van der Waals surface area (Å²) < 4.78 is 11.3. The summed E-state index contributed by atoms with van der Waals surface area (Å²) in [5.74, 6) is 0.399. The van der Waals surface area contributed by atoms with Crippen LogP contribution in [0.4, 0.5) is 5.69 Å². The summed E-state index contributed by atoms with van der Waals surface area (Å²) in [7, 11) is 0. The zero-order valence-electron chi connectivity index (χ0n) is 19.4. The summed E-state index contributed by atoms with van der Waals surface area (Å²) in [6, 6.07) is 27.0. The summed E-state index contributed by atoms with van der Waals surface area (Å²) in [6.07, 6.45) is 1.67. The topological polar surface area (TPSA) is 72.1 Å². The molecule has 3 aromatic carbocycles. The van der Waals surface area contributed by atoms with Crippen molar-refractivity contribution in [1.29, 1.82) is 0 Å². The van der Waals surface area contributed by atoms with Gasteiger partial charge in [0.1, 0.15) is 18.1 Å². The number of esters is 1. The normalized spacial score (nSPS) is 14.3. The summed E-state index contributed by atoms with van der Waals surface area (Å²) in [5.41, 5.74) is 3.53.